The van der Waals surface area contributed by atoms with Crippen molar-refractivity contribution < 1.29 is 23.0 Å². The van der Waals surface area contributed by atoms with Gasteiger partial charge >= 0.3 is 6.09 Å². The van der Waals surface area contributed by atoms with Crippen LogP contribution in [-0.2, 0) is 4.74 Å². The van der Waals surface area contributed by atoms with E-state index in [0.717, 1.165) is 0 Å². The third-order valence-corrected chi connectivity index (χ3v) is 4.00. The lowest BCUT2D eigenvalue weighted by Gasteiger charge is -2.33. The van der Waals surface area contributed by atoms with Crippen molar-refractivity contribution in [2.24, 2.45) is 0 Å². The molecule has 0 N–H and O–H groups in total. The lowest BCUT2D eigenvalue weighted by atomic mass is 10.1. The molecule has 1 aromatic carbocycles. The van der Waals surface area contributed by atoms with Crippen molar-refractivity contribution in [2.45, 2.75) is 51.7 Å². The number of carbonyl (C=O) groups is 1. The number of hydrogen-bond acceptors (Lipinski definition) is 3. The molecule has 24 heavy (non-hydrogen) atoms. The van der Waals surface area contributed by atoms with Gasteiger partial charge in [0.05, 0.1) is 0 Å². The molecule has 0 aliphatic carbocycles. The Morgan fingerprint density at radius 1 is 1.25 bits per heavy atom. The fourth-order valence-corrected chi connectivity index (χ4v) is 2.94. The van der Waals surface area contributed by atoms with Crippen LogP contribution in [0.3, 0.4) is 0 Å². The third kappa shape index (κ3) is 5.61. The summed E-state index contributed by atoms with van der Waals surface area (Å²) in [5.74, 6) is 0.412. The summed E-state index contributed by atoms with van der Waals surface area (Å²) in [6, 6.07) is 4.41. The van der Waals surface area contributed by atoms with E-state index in [1.54, 1.807) is 11.0 Å². The van der Waals surface area contributed by atoms with Crippen LogP contribution in [0.15, 0.2) is 22.7 Å². The highest BCUT2D eigenvalue weighted by Gasteiger charge is 2.27. The molecule has 4 nitrogen and oxygen atoms in total. The monoisotopic (exact) mass is 405 g/mol. The van der Waals surface area contributed by atoms with E-state index in [2.05, 4.69) is 15.9 Å². The van der Waals surface area contributed by atoms with Crippen molar-refractivity contribution in [3.05, 3.63) is 28.2 Å². The fourth-order valence-electron chi connectivity index (χ4n) is 2.45. The van der Waals surface area contributed by atoms with Crippen LogP contribution in [0.1, 0.15) is 45.6 Å². The molecule has 0 unspecified atom stereocenters. The molecule has 1 heterocycles. The first-order chi connectivity index (χ1) is 11.1. The molecular weight excluding hydrogens is 384 g/mol. The van der Waals surface area contributed by atoms with Crippen molar-refractivity contribution in [2.75, 3.05) is 13.1 Å². The predicted molar refractivity (Wildman–Crippen MR) is 90.6 cm³/mol. The van der Waals surface area contributed by atoms with E-state index >= 15 is 0 Å². The molecule has 7 heteroatoms. The molecule has 2 rings (SSSR count). The van der Waals surface area contributed by atoms with Gasteiger partial charge in [-0.3, -0.25) is 0 Å². The molecule has 0 atom stereocenters. The normalized spacial score (nSPS) is 16.4. The first-order valence-electron chi connectivity index (χ1n) is 7.87. The van der Waals surface area contributed by atoms with Gasteiger partial charge in [-0.15, -0.1) is 0 Å². The molecule has 0 spiro atoms. The van der Waals surface area contributed by atoms with Crippen LogP contribution in [-0.4, -0.2) is 35.8 Å². The predicted octanol–water partition coefficient (Wildman–Crippen LogP) is 5.17. The zero-order valence-corrected chi connectivity index (χ0v) is 15.6. The maximum Gasteiger partial charge on any atom is 0.410 e. The minimum absolute atomic E-state index is 0.0782. The van der Waals surface area contributed by atoms with Gasteiger partial charge < -0.3 is 14.4 Å². The molecule has 1 saturated heterocycles. The van der Waals surface area contributed by atoms with Gasteiger partial charge in [-0.1, -0.05) is 15.9 Å². The minimum Gasteiger partial charge on any atom is -0.490 e. The van der Waals surface area contributed by atoms with Crippen LogP contribution in [0, 0.1) is 0 Å². The Bertz CT molecular complexity index is 582. The van der Waals surface area contributed by atoms with Crippen LogP contribution in [0.2, 0.25) is 0 Å². The van der Waals surface area contributed by atoms with Crippen LogP contribution in [0.5, 0.6) is 5.75 Å². The number of halogens is 3. The fraction of sp³-hybridized carbons (Fsp3) is 0.588. The Kier molecular flexibility index (Phi) is 6.06. The second-order valence-corrected chi connectivity index (χ2v) is 7.72. The van der Waals surface area contributed by atoms with Crippen LogP contribution >= 0.6 is 15.9 Å². The van der Waals surface area contributed by atoms with Crippen molar-refractivity contribution >= 4 is 22.0 Å². The number of amides is 1. The van der Waals surface area contributed by atoms with Crippen LogP contribution in [0.4, 0.5) is 13.6 Å². The average molecular weight is 406 g/mol. The smallest absolute Gasteiger partial charge is 0.410 e. The second kappa shape index (κ2) is 7.68. The van der Waals surface area contributed by atoms with Gasteiger partial charge in [0, 0.05) is 36.0 Å². The first kappa shape index (κ1) is 19.0. The van der Waals surface area contributed by atoms with E-state index in [0.29, 0.717) is 36.2 Å². The van der Waals surface area contributed by atoms with E-state index < -0.39 is 12.0 Å². The Morgan fingerprint density at radius 3 is 2.42 bits per heavy atom. The maximum atomic E-state index is 12.8. The van der Waals surface area contributed by atoms with E-state index in [9.17, 15) is 13.6 Å². The molecule has 1 aliphatic heterocycles. The van der Waals surface area contributed by atoms with E-state index in [1.807, 2.05) is 20.8 Å². The SMILES string of the molecule is CC(C)(C)OC(=O)N1CCC(Oc2cc(Br)cc(C(F)F)c2)CC1. The number of hydrogen-bond donors (Lipinski definition) is 0. The first-order valence-corrected chi connectivity index (χ1v) is 8.66. The Balaban J connectivity index is 1.90. The Hall–Kier alpha value is -1.37. The zero-order chi connectivity index (χ0) is 17.9. The lowest BCUT2D eigenvalue weighted by Crippen LogP contribution is -2.44. The van der Waals surface area contributed by atoms with Gasteiger partial charge in [0.2, 0.25) is 0 Å². The van der Waals surface area contributed by atoms with Gasteiger partial charge in [0.25, 0.3) is 6.43 Å². The van der Waals surface area contributed by atoms with Gasteiger partial charge in [-0.05, 0) is 39.0 Å². The minimum atomic E-state index is -2.54. The molecule has 0 aromatic heterocycles. The number of nitrogens with zero attached hydrogens (tertiary/aromatic N) is 1. The van der Waals surface area contributed by atoms with Crippen molar-refractivity contribution in [3.63, 3.8) is 0 Å². The standard InChI is InChI=1S/C17H22BrF2NO3/c1-17(2,3)24-16(22)21-6-4-13(5-7-21)23-14-9-11(15(19)20)8-12(18)10-14/h8-10,13,15H,4-7H2,1-3H3. The molecule has 1 aromatic rings. The highest BCUT2D eigenvalue weighted by molar-refractivity contribution is 9.10. The second-order valence-electron chi connectivity index (χ2n) is 6.81. The number of benzene rings is 1. The summed E-state index contributed by atoms with van der Waals surface area (Å²) in [5.41, 5.74) is -0.600. The molecule has 1 aliphatic rings. The summed E-state index contributed by atoms with van der Waals surface area (Å²) in [7, 11) is 0. The number of rotatable bonds is 3. The number of carbonyl (C=O) groups excluding carboxylic acids is 1. The summed E-state index contributed by atoms with van der Waals surface area (Å²) < 4.78 is 37.4. The molecule has 0 bridgehead atoms. The Labute approximate surface area is 149 Å². The molecule has 1 fully saturated rings. The summed E-state index contributed by atoms with van der Waals surface area (Å²) in [6.45, 7) is 6.53. The largest absolute Gasteiger partial charge is 0.490 e. The number of ether oxygens (including phenoxy) is 2. The van der Waals surface area contributed by atoms with Crippen molar-refractivity contribution in [1.82, 2.24) is 4.90 Å². The summed E-state index contributed by atoms with van der Waals surface area (Å²) in [6.07, 6.45) is -1.71. The van der Waals surface area contributed by atoms with E-state index in [-0.39, 0.29) is 17.8 Å². The summed E-state index contributed by atoms with van der Waals surface area (Å²) in [5, 5.41) is 0. The van der Waals surface area contributed by atoms with Gasteiger partial charge in [-0.25, -0.2) is 13.6 Å². The highest BCUT2D eigenvalue weighted by atomic mass is 79.9. The molecule has 0 radical (unpaired) electrons. The molecule has 134 valence electrons. The third-order valence-electron chi connectivity index (χ3n) is 3.54. The topological polar surface area (TPSA) is 38.8 Å². The van der Waals surface area contributed by atoms with Crippen LogP contribution < -0.4 is 4.74 Å². The number of alkyl halides is 2. The van der Waals surface area contributed by atoms with E-state index in [1.165, 1.54) is 12.1 Å². The molecular formula is C17H22BrF2NO3. The number of piperidine rings is 1. The molecule has 0 saturated carbocycles. The van der Waals surface area contributed by atoms with Gasteiger partial charge in [0.1, 0.15) is 17.5 Å². The Morgan fingerprint density at radius 2 is 1.88 bits per heavy atom. The van der Waals surface area contributed by atoms with Crippen molar-refractivity contribution in [1.29, 1.82) is 0 Å². The van der Waals surface area contributed by atoms with E-state index in [4.69, 9.17) is 9.47 Å². The van der Waals surface area contributed by atoms with Crippen LogP contribution in [0.25, 0.3) is 0 Å². The lowest BCUT2D eigenvalue weighted by molar-refractivity contribution is 0.0126. The zero-order valence-electron chi connectivity index (χ0n) is 14.0. The summed E-state index contributed by atoms with van der Waals surface area (Å²) >= 11 is 3.22. The highest BCUT2D eigenvalue weighted by Crippen LogP contribution is 2.29. The van der Waals surface area contributed by atoms with Gasteiger partial charge in [-0.2, -0.15) is 0 Å². The summed E-state index contributed by atoms with van der Waals surface area (Å²) in [4.78, 5) is 13.7. The average Bonchev–Trinajstić information content (AvgIpc) is 2.45. The quantitative estimate of drug-likeness (QED) is 0.696. The maximum absolute atomic E-state index is 12.8. The molecule has 1 amide bonds. The van der Waals surface area contributed by atoms with Crippen molar-refractivity contribution in [3.8, 4) is 5.75 Å². The number of likely N-dealkylation sites (tertiary alicyclic amines) is 1. The van der Waals surface area contributed by atoms with Gasteiger partial charge in [0.15, 0.2) is 0 Å².